The van der Waals surface area contributed by atoms with Crippen LogP contribution >= 0.6 is 0 Å². The number of para-hydroxylation sites is 1. The summed E-state index contributed by atoms with van der Waals surface area (Å²) in [4.78, 5) is 18.7. The SMILES string of the molecule is COc1ccc(N)c2c(C(=O)N(C)c3ccccc3)nccc12. The number of carbonyl (C=O) groups excluding carboxylic acids is 1. The molecule has 0 spiro atoms. The van der Waals surface area contributed by atoms with E-state index in [0.29, 0.717) is 22.5 Å². The summed E-state index contributed by atoms with van der Waals surface area (Å²) >= 11 is 0. The molecule has 0 aliphatic carbocycles. The molecule has 3 aromatic rings. The maximum Gasteiger partial charge on any atom is 0.277 e. The highest BCUT2D eigenvalue weighted by atomic mass is 16.5. The van der Waals surface area contributed by atoms with E-state index in [9.17, 15) is 4.79 Å². The van der Waals surface area contributed by atoms with Crippen molar-refractivity contribution in [2.24, 2.45) is 0 Å². The van der Waals surface area contributed by atoms with Gasteiger partial charge in [0.1, 0.15) is 11.4 Å². The number of nitrogens with two attached hydrogens (primary N) is 1. The van der Waals surface area contributed by atoms with Crippen LogP contribution in [0.1, 0.15) is 10.5 Å². The van der Waals surface area contributed by atoms with Crippen molar-refractivity contribution in [3.63, 3.8) is 0 Å². The van der Waals surface area contributed by atoms with Crippen molar-refractivity contribution in [1.82, 2.24) is 4.98 Å². The lowest BCUT2D eigenvalue weighted by Gasteiger charge is -2.18. The van der Waals surface area contributed by atoms with Crippen LogP contribution in [-0.2, 0) is 0 Å². The summed E-state index contributed by atoms with van der Waals surface area (Å²) in [5.41, 5.74) is 7.69. The van der Waals surface area contributed by atoms with Crippen LogP contribution in [-0.4, -0.2) is 25.0 Å². The Balaban J connectivity index is 2.15. The van der Waals surface area contributed by atoms with Gasteiger partial charge in [-0.05, 0) is 30.3 Å². The number of rotatable bonds is 3. The summed E-state index contributed by atoms with van der Waals surface area (Å²) in [6.07, 6.45) is 1.59. The van der Waals surface area contributed by atoms with Gasteiger partial charge in [-0.3, -0.25) is 9.78 Å². The van der Waals surface area contributed by atoms with Gasteiger partial charge in [0.2, 0.25) is 0 Å². The van der Waals surface area contributed by atoms with Crippen molar-refractivity contribution in [2.45, 2.75) is 0 Å². The first-order valence-electron chi connectivity index (χ1n) is 7.17. The van der Waals surface area contributed by atoms with Crippen molar-refractivity contribution in [3.8, 4) is 5.75 Å². The molecule has 0 bridgehead atoms. The van der Waals surface area contributed by atoms with Gasteiger partial charge < -0.3 is 15.4 Å². The van der Waals surface area contributed by atoms with Crippen LogP contribution in [0.2, 0.25) is 0 Å². The smallest absolute Gasteiger partial charge is 0.277 e. The number of nitrogen functional groups attached to an aromatic ring is 1. The summed E-state index contributed by atoms with van der Waals surface area (Å²) < 4.78 is 5.35. The number of methoxy groups -OCH3 is 1. The normalized spacial score (nSPS) is 10.5. The van der Waals surface area contributed by atoms with Gasteiger partial charge in [0.05, 0.1) is 7.11 Å². The van der Waals surface area contributed by atoms with Crippen LogP contribution in [0.5, 0.6) is 5.75 Å². The van der Waals surface area contributed by atoms with Crippen molar-refractivity contribution < 1.29 is 9.53 Å². The van der Waals surface area contributed by atoms with Crippen LogP contribution < -0.4 is 15.4 Å². The van der Waals surface area contributed by atoms with Crippen LogP contribution in [0.25, 0.3) is 10.8 Å². The van der Waals surface area contributed by atoms with Gasteiger partial charge in [0.25, 0.3) is 5.91 Å². The predicted molar refractivity (Wildman–Crippen MR) is 91.9 cm³/mol. The van der Waals surface area contributed by atoms with E-state index in [2.05, 4.69) is 4.98 Å². The number of anilines is 2. The number of aromatic nitrogens is 1. The minimum Gasteiger partial charge on any atom is -0.496 e. The number of nitrogens with zero attached hydrogens (tertiary/aromatic N) is 2. The Labute approximate surface area is 134 Å². The van der Waals surface area contributed by atoms with E-state index in [1.807, 2.05) is 30.3 Å². The minimum atomic E-state index is -0.221. The molecule has 116 valence electrons. The van der Waals surface area contributed by atoms with Crippen molar-refractivity contribution in [2.75, 3.05) is 24.8 Å². The van der Waals surface area contributed by atoms with Gasteiger partial charge in [0.15, 0.2) is 0 Å². The Morgan fingerprint density at radius 3 is 2.57 bits per heavy atom. The second-order valence-electron chi connectivity index (χ2n) is 5.14. The Morgan fingerprint density at radius 2 is 1.87 bits per heavy atom. The lowest BCUT2D eigenvalue weighted by atomic mass is 10.1. The number of hydrogen-bond acceptors (Lipinski definition) is 4. The van der Waals surface area contributed by atoms with E-state index in [0.717, 1.165) is 11.1 Å². The van der Waals surface area contributed by atoms with Gasteiger partial charge in [-0.15, -0.1) is 0 Å². The first-order valence-corrected chi connectivity index (χ1v) is 7.17. The van der Waals surface area contributed by atoms with Gasteiger partial charge >= 0.3 is 0 Å². The maximum absolute atomic E-state index is 12.9. The lowest BCUT2D eigenvalue weighted by Crippen LogP contribution is -2.27. The fourth-order valence-corrected chi connectivity index (χ4v) is 2.57. The third-order valence-electron chi connectivity index (χ3n) is 3.79. The molecule has 0 saturated heterocycles. The second kappa shape index (κ2) is 5.96. The van der Waals surface area contributed by atoms with Gasteiger partial charge in [-0.25, -0.2) is 0 Å². The fraction of sp³-hybridized carbons (Fsp3) is 0.111. The van der Waals surface area contributed by atoms with E-state index in [1.54, 1.807) is 43.5 Å². The molecule has 0 atom stereocenters. The Bertz CT molecular complexity index is 863. The van der Waals surface area contributed by atoms with E-state index in [-0.39, 0.29) is 5.91 Å². The Morgan fingerprint density at radius 1 is 1.13 bits per heavy atom. The van der Waals surface area contributed by atoms with E-state index in [1.165, 1.54) is 0 Å². The van der Waals surface area contributed by atoms with E-state index in [4.69, 9.17) is 10.5 Å². The quantitative estimate of drug-likeness (QED) is 0.755. The maximum atomic E-state index is 12.9. The Kier molecular flexibility index (Phi) is 3.85. The average Bonchev–Trinajstić information content (AvgIpc) is 2.61. The highest BCUT2D eigenvalue weighted by Gasteiger charge is 2.20. The zero-order valence-corrected chi connectivity index (χ0v) is 13.0. The summed E-state index contributed by atoms with van der Waals surface area (Å²) in [5.74, 6) is 0.440. The lowest BCUT2D eigenvalue weighted by molar-refractivity contribution is 0.0990. The minimum absolute atomic E-state index is 0.221. The monoisotopic (exact) mass is 307 g/mol. The second-order valence-corrected chi connectivity index (χ2v) is 5.14. The summed E-state index contributed by atoms with van der Waals surface area (Å²) in [6, 6.07) is 14.7. The predicted octanol–water partition coefficient (Wildman–Crippen LogP) is 3.10. The summed E-state index contributed by atoms with van der Waals surface area (Å²) in [6.45, 7) is 0. The summed E-state index contributed by atoms with van der Waals surface area (Å²) in [5, 5.41) is 1.38. The first kappa shape index (κ1) is 14.8. The molecule has 0 aliphatic heterocycles. The molecule has 5 heteroatoms. The third kappa shape index (κ3) is 2.57. The number of carbonyl (C=O) groups is 1. The number of ether oxygens (including phenoxy) is 1. The highest BCUT2D eigenvalue weighted by Crippen LogP contribution is 2.32. The fourth-order valence-electron chi connectivity index (χ4n) is 2.57. The zero-order valence-electron chi connectivity index (χ0n) is 13.0. The molecule has 1 aromatic heterocycles. The number of amides is 1. The molecule has 2 aromatic carbocycles. The largest absolute Gasteiger partial charge is 0.496 e. The number of fused-ring (bicyclic) bond motifs is 1. The molecular weight excluding hydrogens is 290 g/mol. The number of benzene rings is 2. The average molecular weight is 307 g/mol. The standard InChI is InChI=1S/C18H17N3O2/c1-21(12-6-4-3-5-7-12)18(22)17-16-13(10-11-20-17)15(23-2)9-8-14(16)19/h3-11H,19H2,1-2H3. The molecule has 0 fully saturated rings. The van der Waals surface area contributed by atoms with Gasteiger partial charge in [-0.2, -0.15) is 0 Å². The van der Waals surface area contributed by atoms with Crippen molar-refractivity contribution >= 4 is 28.1 Å². The molecule has 3 rings (SSSR count). The van der Waals surface area contributed by atoms with Gasteiger partial charge in [-0.1, -0.05) is 18.2 Å². The van der Waals surface area contributed by atoms with Crippen LogP contribution in [0.15, 0.2) is 54.7 Å². The van der Waals surface area contributed by atoms with Crippen LogP contribution in [0, 0.1) is 0 Å². The number of pyridine rings is 1. The molecule has 2 N–H and O–H groups in total. The molecule has 0 unspecified atom stereocenters. The van der Waals surface area contributed by atoms with Crippen LogP contribution in [0.3, 0.4) is 0 Å². The van der Waals surface area contributed by atoms with Crippen molar-refractivity contribution in [3.05, 3.63) is 60.4 Å². The molecule has 0 radical (unpaired) electrons. The molecule has 5 nitrogen and oxygen atoms in total. The Hall–Kier alpha value is -3.08. The van der Waals surface area contributed by atoms with Crippen molar-refractivity contribution in [1.29, 1.82) is 0 Å². The highest BCUT2D eigenvalue weighted by molar-refractivity contribution is 6.16. The third-order valence-corrected chi connectivity index (χ3v) is 3.79. The zero-order chi connectivity index (χ0) is 16.4. The number of hydrogen-bond donors (Lipinski definition) is 1. The molecule has 0 aliphatic rings. The topological polar surface area (TPSA) is 68.5 Å². The van der Waals surface area contributed by atoms with E-state index < -0.39 is 0 Å². The molecule has 23 heavy (non-hydrogen) atoms. The van der Waals surface area contributed by atoms with Gasteiger partial charge in [0, 0.05) is 35.4 Å². The van der Waals surface area contributed by atoms with E-state index >= 15 is 0 Å². The molecule has 1 amide bonds. The first-order chi connectivity index (χ1) is 11.1. The van der Waals surface area contributed by atoms with Crippen LogP contribution in [0.4, 0.5) is 11.4 Å². The molecule has 0 saturated carbocycles. The molecule has 1 heterocycles. The summed E-state index contributed by atoms with van der Waals surface area (Å²) in [7, 11) is 3.30. The molecular formula is C18H17N3O2.